The lowest BCUT2D eigenvalue weighted by atomic mass is 9.90. The third-order valence-corrected chi connectivity index (χ3v) is 9.05. The van der Waals surface area contributed by atoms with E-state index in [1.54, 1.807) is 6.08 Å². The highest BCUT2D eigenvalue weighted by Crippen LogP contribution is 2.38. The van der Waals surface area contributed by atoms with Crippen molar-refractivity contribution in [3.8, 4) is 0 Å². The van der Waals surface area contributed by atoms with Crippen LogP contribution < -0.4 is 0 Å². The standard InChI is InChI=1S/C15H32O2Si/c1-10-11(2)14(16)12(3)13(4)17-18(8,9)15(5,6)7/h10-14,16H,1H2,2-9H3/t11-,12-,13-,14-/m0/s1. The first-order chi connectivity index (χ1) is 7.94. The van der Waals surface area contributed by atoms with Crippen molar-refractivity contribution in [2.24, 2.45) is 11.8 Å². The summed E-state index contributed by atoms with van der Waals surface area (Å²) in [6.45, 7) is 21.1. The Balaban J connectivity index is 4.68. The Bertz CT molecular complexity index is 268. The Kier molecular flexibility index (Phi) is 6.31. The van der Waals surface area contributed by atoms with Crippen LogP contribution in [0.5, 0.6) is 0 Å². The molecule has 0 aromatic rings. The summed E-state index contributed by atoms with van der Waals surface area (Å²) in [5.41, 5.74) is 0. The summed E-state index contributed by atoms with van der Waals surface area (Å²) in [6, 6.07) is 0. The average molecular weight is 273 g/mol. The maximum Gasteiger partial charge on any atom is 0.192 e. The maximum atomic E-state index is 10.2. The molecule has 0 aliphatic carbocycles. The average Bonchev–Trinajstić information content (AvgIpc) is 2.23. The minimum absolute atomic E-state index is 0.0725. The Morgan fingerprint density at radius 1 is 1.17 bits per heavy atom. The molecular formula is C15H32O2Si. The second kappa shape index (κ2) is 6.35. The first-order valence-corrected chi connectivity index (χ1v) is 9.83. The van der Waals surface area contributed by atoms with Crippen molar-refractivity contribution in [2.75, 3.05) is 0 Å². The molecule has 0 aromatic heterocycles. The lowest BCUT2D eigenvalue weighted by Crippen LogP contribution is -2.46. The number of rotatable bonds is 6. The smallest absolute Gasteiger partial charge is 0.192 e. The zero-order chi connectivity index (χ0) is 14.7. The molecule has 0 bridgehead atoms. The first-order valence-electron chi connectivity index (χ1n) is 6.92. The molecule has 0 saturated carbocycles. The second-order valence-electron chi connectivity index (χ2n) is 7.03. The SMILES string of the molecule is C=C[C@H](C)[C@H](O)[C@@H](C)[C@H](C)O[Si](C)(C)C(C)(C)C. The third-order valence-electron chi connectivity index (χ3n) is 4.48. The molecule has 0 aliphatic heterocycles. The van der Waals surface area contributed by atoms with E-state index >= 15 is 0 Å². The lowest BCUT2D eigenvalue weighted by Gasteiger charge is -2.41. The van der Waals surface area contributed by atoms with Gasteiger partial charge in [0, 0.05) is 17.9 Å². The van der Waals surface area contributed by atoms with Crippen LogP contribution in [0.1, 0.15) is 41.5 Å². The minimum Gasteiger partial charge on any atom is -0.414 e. The molecule has 4 atom stereocenters. The lowest BCUT2D eigenvalue weighted by molar-refractivity contribution is 0.0176. The molecule has 0 fully saturated rings. The van der Waals surface area contributed by atoms with Crippen LogP contribution in [0.25, 0.3) is 0 Å². The predicted molar refractivity (Wildman–Crippen MR) is 82.3 cm³/mol. The van der Waals surface area contributed by atoms with Crippen LogP contribution in [0.2, 0.25) is 18.1 Å². The molecule has 0 saturated heterocycles. The fourth-order valence-electron chi connectivity index (χ4n) is 1.64. The first kappa shape index (κ1) is 17.9. The summed E-state index contributed by atoms with van der Waals surface area (Å²) in [5, 5.41) is 10.4. The molecule has 0 aliphatic rings. The number of aliphatic hydroxyl groups excluding tert-OH is 1. The van der Waals surface area contributed by atoms with Crippen molar-refractivity contribution in [1.82, 2.24) is 0 Å². The highest BCUT2D eigenvalue weighted by Gasteiger charge is 2.40. The van der Waals surface area contributed by atoms with Crippen molar-refractivity contribution >= 4 is 8.32 Å². The van der Waals surface area contributed by atoms with Gasteiger partial charge in [0.15, 0.2) is 8.32 Å². The van der Waals surface area contributed by atoms with Crippen molar-refractivity contribution in [3.63, 3.8) is 0 Å². The van der Waals surface area contributed by atoms with E-state index in [2.05, 4.69) is 54.3 Å². The van der Waals surface area contributed by atoms with Gasteiger partial charge in [0.05, 0.1) is 6.10 Å². The number of aliphatic hydroxyl groups is 1. The van der Waals surface area contributed by atoms with Gasteiger partial charge in [-0.05, 0) is 25.1 Å². The minimum atomic E-state index is -1.76. The van der Waals surface area contributed by atoms with Crippen molar-refractivity contribution in [3.05, 3.63) is 12.7 Å². The largest absolute Gasteiger partial charge is 0.414 e. The monoisotopic (exact) mass is 272 g/mol. The van der Waals surface area contributed by atoms with E-state index in [4.69, 9.17) is 4.43 Å². The quantitative estimate of drug-likeness (QED) is 0.579. The van der Waals surface area contributed by atoms with Crippen LogP contribution >= 0.6 is 0 Å². The molecule has 0 unspecified atom stereocenters. The molecule has 2 nitrogen and oxygen atoms in total. The summed E-state index contributed by atoms with van der Waals surface area (Å²) < 4.78 is 6.32. The van der Waals surface area contributed by atoms with Gasteiger partial charge in [0.25, 0.3) is 0 Å². The molecule has 3 heteroatoms. The molecule has 0 aromatic carbocycles. The Morgan fingerprint density at radius 3 is 1.94 bits per heavy atom. The van der Waals surface area contributed by atoms with E-state index in [9.17, 15) is 5.11 Å². The molecular weight excluding hydrogens is 240 g/mol. The summed E-state index contributed by atoms with van der Waals surface area (Å²) in [7, 11) is -1.76. The van der Waals surface area contributed by atoms with E-state index in [1.807, 2.05) is 6.92 Å². The van der Waals surface area contributed by atoms with Gasteiger partial charge in [-0.2, -0.15) is 0 Å². The topological polar surface area (TPSA) is 29.5 Å². The second-order valence-corrected chi connectivity index (χ2v) is 11.8. The van der Waals surface area contributed by atoms with Crippen LogP contribution in [0, 0.1) is 11.8 Å². The van der Waals surface area contributed by atoms with Crippen LogP contribution in [-0.2, 0) is 4.43 Å². The van der Waals surface area contributed by atoms with Gasteiger partial charge in [0.1, 0.15) is 0 Å². The van der Waals surface area contributed by atoms with Gasteiger partial charge >= 0.3 is 0 Å². The molecule has 0 radical (unpaired) electrons. The zero-order valence-electron chi connectivity index (χ0n) is 13.4. The predicted octanol–water partition coefficient (Wildman–Crippen LogP) is 4.22. The Morgan fingerprint density at radius 2 is 1.61 bits per heavy atom. The van der Waals surface area contributed by atoms with Crippen LogP contribution in [-0.4, -0.2) is 25.6 Å². The molecule has 0 spiro atoms. The van der Waals surface area contributed by atoms with Gasteiger partial charge in [-0.3, -0.25) is 0 Å². The fraction of sp³-hybridized carbons (Fsp3) is 0.867. The van der Waals surface area contributed by atoms with Crippen LogP contribution in [0.4, 0.5) is 0 Å². The Labute approximate surface area is 115 Å². The van der Waals surface area contributed by atoms with E-state index in [1.165, 1.54) is 0 Å². The zero-order valence-corrected chi connectivity index (χ0v) is 14.4. The molecule has 18 heavy (non-hydrogen) atoms. The molecule has 1 N–H and O–H groups in total. The van der Waals surface area contributed by atoms with Crippen molar-refractivity contribution in [1.29, 1.82) is 0 Å². The van der Waals surface area contributed by atoms with E-state index in [0.717, 1.165) is 0 Å². The number of hydrogen-bond donors (Lipinski definition) is 1. The maximum absolute atomic E-state index is 10.2. The molecule has 0 rings (SSSR count). The van der Waals surface area contributed by atoms with Crippen molar-refractivity contribution < 1.29 is 9.53 Å². The normalized spacial score (nSPS) is 20.1. The van der Waals surface area contributed by atoms with Gasteiger partial charge in [-0.1, -0.05) is 40.7 Å². The van der Waals surface area contributed by atoms with Gasteiger partial charge < -0.3 is 9.53 Å². The van der Waals surface area contributed by atoms with Crippen LogP contribution in [0.3, 0.4) is 0 Å². The molecule has 108 valence electrons. The summed E-state index contributed by atoms with van der Waals surface area (Å²) in [5.74, 6) is 0.220. The molecule has 0 amide bonds. The van der Waals surface area contributed by atoms with Gasteiger partial charge in [-0.25, -0.2) is 0 Å². The van der Waals surface area contributed by atoms with Crippen molar-refractivity contribution in [2.45, 2.75) is 71.9 Å². The third kappa shape index (κ3) is 4.52. The highest BCUT2D eigenvalue weighted by molar-refractivity contribution is 6.74. The molecule has 0 heterocycles. The van der Waals surface area contributed by atoms with Gasteiger partial charge in [0.2, 0.25) is 0 Å². The van der Waals surface area contributed by atoms with E-state index in [0.29, 0.717) is 0 Å². The van der Waals surface area contributed by atoms with Crippen LogP contribution in [0.15, 0.2) is 12.7 Å². The summed E-state index contributed by atoms with van der Waals surface area (Å²) in [6.07, 6.45) is 1.49. The summed E-state index contributed by atoms with van der Waals surface area (Å²) >= 11 is 0. The van der Waals surface area contributed by atoms with E-state index in [-0.39, 0.29) is 29.1 Å². The summed E-state index contributed by atoms with van der Waals surface area (Å²) in [4.78, 5) is 0. The Hall–Kier alpha value is -0.123. The van der Waals surface area contributed by atoms with Gasteiger partial charge in [-0.15, -0.1) is 6.58 Å². The number of hydrogen-bond acceptors (Lipinski definition) is 2. The highest BCUT2D eigenvalue weighted by atomic mass is 28.4. The fourth-order valence-corrected chi connectivity index (χ4v) is 3.14. The van der Waals surface area contributed by atoms with E-state index < -0.39 is 8.32 Å².